The molecule has 1 unspecified atom stereocenters. The van der Waals surface area contributed by atoms with Crippen LogP contribution in [0.1, 0.15) is 21.8 Å². The highest BCUT2D eigenvalue weighted by atomic mass is 32.2. The molecule has 1 aliphatic heterocycles. The Morgan fingerprint density at radius 2 is 2.05 bits per heavy atom. The molecular formula is C14H12N2O4S. The molecule has 0 spiro atoms. The molecule has 1 aromatic carbocycles. The third-order valence-corrected chi connectivity index (χ3v) is 4.86. The van der Waals surface area contributed by atoms with Gasteiger partial charge in [-0.3, -0.25) is 4.79 Å². The molecule has 0 bridgehead atoms. The molecule has 0 saturated carbocycles. The average Bonchev–Trinajstić information content (AvgIpc) is 2.76. The van der Waals surface area contributed by atoms with Gasteiger partial charge in [0.2, 0.25) is 5.88 Å². The van der Waals surface area contributed by atoms with Crippen LogP contribution in [0.25, 0.3) is 10.9 Å². The monoisotopic (exact) mass is 304 g/mol. The van der Waals surface area contributed by atoms with E-state index in [1.807, 2.05) is 0 Å². The number of aromatic nitrogens is 1. The van der Waals surface area contributed by atoms with Gasteiger partial charge in [-0.15, -0.1) is 0 Å². The van der Waals surface area contributed by atoms with Crippen molar-refractivity contribution in [2.24, 2.45) is 5.73 Å². The Balaban J connectivity index is 2.35. The normalized spacial score (nSPS) is 19.9. The number of para-hydroxylation sites is 1. The number of fused-ring (bicyclic) bond motifs is 1. The first kappa shape index (κ1) is 13.6. The Bertz CT molecular complexity index is 887. The number of hydrogen-bond donors (Lipinski definition) is 2. The standard InChI is InChI=1S/C14H12N2O4S/c15-13(17)12-11(8-5-6-21(19,20)7-8)9-3-1-2-4-10(9)16-14(12)18/h1-6,8H,7H2,(H2,15,17)(H,16,18). The van der Waals surface area contributed by atoms with Gasteiger partial charge in [0.25, 0.3) is 5.91 Å². The van der Waals surface area contributed by atoms with Crippen LogP contribution in [0, 0.1) is 0 Å². The van der Waals surface area contributed by atoms with E-state index in [2.05, 4.69) is 4.98 Å². The minimum atomic E-state index is -3.30. The van der Waals surface area contributed by atoms with Crippen LogP contribution in [0.4, 0.5) is 0 Å². The van der Waals surface area contributed by atoms with E-state index in [1.54, 1.807) is 24.3 Å². The van der Waals surface area contributed by atoms with Gasteiger partial charge >= 0.3 is 0 Å². The number of primary amides is 1. The number of nitrogens with zero attached hydrogens (tertiary/aromatic N) is 1. The summed E-state index contributed by atoms with van der Waals surface area (Å²) in [6, 6.07) is 6.89. The van der Waals surface area contributed by atoms with Gasteiger partial charge in [0.15, 0.2) is 9.84 Å². The van der Waals surface area contributed by atoms with Crippen LogP contribution < -0.4 is 5.73 Å². The predicted molar refractivity (Wildman–Crippen MR) is 77.6 cm³/mol. The molecule has 21 heavy (non-hydrogen) atoms. The Morgan fingerprint density at radius 1 is 1.33 bits per heavy atom. The summed E-state index contributed by atoms with van der Waals surface area (Å²) >= 11 is 0. The van der Waals surface area contributed by atoms with Crippen LogP contribution in [0.2, 0.25) is 0 Å². The lowest BCUT2D eigenvalue weighted by molar-refractivity contribution is 0.0996. The highest BCUT2D eigenvalue weighted by Gasteiger charge is 2.30. The molecule has 2 heterocycles. The lowest BCUT2D eigenvalue weighted by Gasteiger charge is -2.15. The fraction of sp³-hybridized carbons (Fsp3) is 0.143. The summed E-state index contributed by atoms with van der Waals surface area (Å²) < 4.78 is 23.3. The van der Waals surface area contributed by atoms with Crippen molar-refractivity contribution < 1.29 is 18.3 Å². The summed E-state index contributed by atoms with van der Waals surface area (Å²) in [4.78, 5) is 15.6. The minimum Gasteiger partial charge on any atom is -0.493 e. The first-order valence-electron chi connectivity index (χ1n) is 6.21. The van der Waals surface area contributed by atoms with Crippen molar-refractivity contribution in [2.75, 3.05) is 5.75 Å². The van der Waals surface area contributed by atoms with E-state index in [1.165, 1.54) is 6.08 Å². The number of benzene rings is 1. The summed E-state index contributed by atoms with van der Waals surface area (Å²) in [5.41, 5.74) is 6.09. The van der Waals surface area contributed by atoms with E-state index in [4.69, 9.17) is 5.73 Å². The minimum absolute atomic E-state index is 0.125. The van der Waals surface area contributed by atoms with Gasteiger partial charge in [-0.2, -0.15) is 0 Å². The van der Waals surface area contributed by atoms with E-state index in [9.17, 15) is 18.3 Å². The number of sulfone groups is 1. The van der Waals surface area contributed by atoms with Crippen molar-refractivity contribution in [3.05, 3.63) is 46.9 Å². The van der Waals surface area contributed by atoms with Crippen molar-refractivity contribution in [1.82, 2.24) is 4.98 Å². The average molecular weight is 304 g/mol. The summed E-state index contributed by atoms with van der Waals surface area (Å²) in [6.07, 6.45) is 1.50. The second-order valence-corrected chi connectivity index (χ2v) is 6.80. The van der Waals surface area contributed by atoms with E-state index >= 15 is 0 Å². The van der Waals surface area contributed by atoms with E-state index in [0.717, 1.165) is 5.41 Å². The zero-order valence-electron chi connectivity index (χ0n) is 10.9. The largest absolute Gasteiger partial charge is 0.493 e. The number of nitrogens with two attached hydrogens (primary N) is 1. The van der Waals surface area contributed by atoms with Crippen LogP contribution in [-0.4, -0.2) is 30.2 Å². The maximum Gasteiger partial charge on any atom is 0.254 e. The first-order chi connectivity index (χ1) is 9.89. The van der Waals surface area contributed by atoms with Gasteiger partial charge in [0.05, 0.1) is 11.3 Å². The summed E-state index contributed by atoms with van der Waals surface area (Å²) in [7, 11) is -3.30. The zero-order valence-corrected chi connectivity index (χ0v) is 11.7. The number of carbonyl (C=O) groups excluding carboxylic acids is 1. The molecule has 0 saturated heterocycles. The third-order valence-electron chi connectivity index (χ3n) is 3.46. The first-order valence-corrected chi connectivity index (χ1v) is 7.93. The number of hydrogen-bond acceptors (Lipinski definition) is 5. The van der Waals surface area contributed by atoms with Crippen LogP contribution in [-0.2, 0) is 9.84 Å². The lowest BCUT2D eigenvalue weighted by atomic mass is 9.92. The molecule has 0 radical (unpaired) electrons. The second-order valence-electron chi connectivity index (χ2n) is 4.87. The van der Waals surface area contributed by atoms with E-state index in [-0.39, 0.29) is 11.3 Å². The molecule has 3 rings (SSSR count). The summed E-state index contributed by atoms with van der Waals surface area (Å²) in [5.74, 6) is -2.00. The van der Waals surface area contributed by atoms with Crippen molar-refractivity contribution >= 4 is 26.6 Å². The molecule has 2 aromatic rings. The highest BCUT2D eigenvalue weighted by Crippen LogP contribution is 2.36. The maximum absolute atomic E-state index is 11.7. The van der Waals surface area contributed by atoms with Crippen molar-refractivity contribution in [3.63, 3.8) is 0 Å². The zero-order chi connectivity index (χ0) is 15.2. The van der Waals surface area contributed by atoms with Gasteiger partial charge in [-0.25, -0.2) is 13.4 Å². The van der Waals surface area contributed by atoms with Crippen molar-refractivity contribution in [2.45, 2.75) is 5.92 Å². The molecule has 1 amide bonds. The Kier molecular flexibility index (Phi) is 2.94. The fourth-order valence-corrected chi connectivity index (χ4v) is 3.93. The number of aromatic hydroxyl groups is 1. The summed E-state index contributed by atoms with van der Waals surface area (Å²) in [6.45, 7) is 0. The van der Waals surface area contributed by atoms with Gasteiger partial charge in [0.1, 0.15) is 5.56 Å². The topological polar surface area (TPSA) is 110 Å². The van der Waals surface area contributed by atoms with Crippen LogP contribution in [0.5, 0.6) is 5.88 Å². The Hall–Kier alpha value is -2.41. The number of pyridine rings is 1. The number of amides is 1. The van der Waals surface area contributed by atoms with Gasteiger partial charge < -0.3 is 10.8 Å². The molecule has 108 valence electrons. The SMILES string of the molecule is NC(=O)c1c(O)nc2ccccc2c1C1C=CS(=O)(=O)C1. The quantitative estimate of drug-likeness (QED) is 0.862. The predicted octanol–water partition coefficient (Wildman–Crippen LogP) is 1.06. The van der Waals surface area contributed by atoms with Crippen molar-refractivity contribution in [3.8, 4) is 5.88 Å². The van der Waals surface area contributed by atoms with Crippen LogP contribution in [0.15, 0.2) is 35.7 Å². The van der Waals surface area contributed by atoms with Gasteiger partial charge in [0, 0.05) is 16.7 Å². The number of rotatable bonds is 2. The maximum atomic E-state index is 11.7. The number of allylic oxidation sites excluding steroid dienone is 1. The Morgan fingerprint density at radius 3 is 2.67 bits per heavy atom. The molecule has 1 aliphatic rings. The van der Waals surface area contributed by atoms with Gasteiger partial charge in [-0.1, -0.05) is 24.3 Å². The molecule has 1 aromatic heterocycles. The Labute approximate surface area is 120 Å². The van der Waals surface area contributed by atoms with E-state index in [0.29, 0.717) is 16.5 Å². The van der Waals surface area contributed by atoms with Crippen LogP contribution in [0.3, 0.4) is 0 Å². The van der Waals surface area contributed by atoms with Crippen molar-refractivity contribution in [1.29, 1.82) is 0 Å². The smallest absolute Gasteiger partial charge is 0.254 e. The molecular weight excluding hydrogens is 292 g/mol. The molecule has 3 N–H and O–H groups in total. The lowest BCUT2D eigenvalue weighted by Crippen LogP contribution is -2.18. The highest BCUT2D eigenvalue weighted by molar-refractivity contribution is 7.94. The molecule has 7 heteroatoms. The summed E-state index contributed by atoms with van der Waals surface area (Å²) in [5, 5.41) is 11.7. The van der Waals surface area contributed by atoms with Gasteiger partial charge in [-0.05, 0) is 11.6 Å². The van der Waals surface area contributed by atoms with Crippen LogP contribution >= 0.6 is 0 Å². The second kappa shape index (κ2) is 4.56. The molecule has 6 nitrogen and oxygen atoms in total. The third kappa shape index (κ3) is 2.25. The molecule has 0 aliphatic carbocycles. The fourth-order valence-electron chi connectivity index (χ4n) is 2.61. The number of carbonyl (C=O) groups is 1. The van der Waals surface area contributed by atoms with E-state index < -0.39 is 27.5 Å². The molecule has 0 fully saturated rings. The molecule has 1 atom stereocenters.